The molecule has 2 aromatic rings. The Morgan fingerprint density at radius 2 is 1.90 bits per heavy atom. The van der Waals surface area contributed by atoms with Gasteiger partial charge in [-0.3, -0.25) is 0 Å². The van der Waals surface area contributed by atoms with E-state index in [4.69, 9.17) is 9.47 Å². The maximum Gasteiger partial charge on any atom is 0.387 e. The van der Waals surface area contributed by atoms with Crippen molar-refractivity contribution in [3.8, 4) is 11.5 Å². The number of ether oxygens (including phenoxy) is 2. The average Bonchev–Trinajstić information content (AvgIpc) is 3.57. The molecule has 156 valence electrons. The highest BCUT2D eigenvalue weighted by atomic mass is 19.3. The van der Waals surface area contributed by atoms with Crippen LogP contribution in [-0.2, 0) is 6.54 Å². The SMILES string of the molecule is FC(F)Oc1ccc(OCC2CC2)cc1CNC1CCCNC1c1ccccc1. The van der Waals surface area contributed by atoms with Crippen molar-refractivity contribution in [2.45, 2.75) is 50.9 Å². The van der Waals surface area contributed by atoms with Gasteiger partial charge in [0.05, 0.1) is 6.61 Å². The second-order valence-electron chi connectivity index (χ2n) is 7.87. The second-order valence-corrected chi connectivity index (χ2v) is 7.87. The maximum absolute atomic E-state index is 12.9. The van der Waals surface area contributed by atoms with E-state index in [9.17, 15) is 8.78 Å². The second kappa shape index (κ2) is 9.55. The number of rotatable bonds is 9. The molecular weight excluding hydrogens is 374 g/mol. The Kier molecular flexibility index (Phi) is 6.62. The summed E-state index contributed by atoms with van der Waals surface area (Å²) in [5.41, 5.74) is 1.92. The summed E-state index contributed by atoms with van der Waals surface area (Å²) >= 11 is 0. The van der Waals surface area contributed by atoms with E-state index < -0.39 is 6.61 Å². The predicted molar refractivity (Wildman–Crippen MR) is 108 cm³/mol. The van der Waals surface area contributed by atoms with Crippen LogP contribution in [0.4, 0.5) is 8.78 Å². The molecule has 0 aromatic heterocycles. The van der Waals surface area contributed by atoms with E-state index in [2.05, 4.69) is 22.8 Å². The van der Waals surface area contributed by atoms with Gasteiger partial charge in [0.15, 0.2) is 0 Å². The topological polar surface area (TPSA) is 42.5 Å². The number of alkyl halides is 2. The first-order valence-electron chi connectivity index (χ1n) is 10.4. The molecule has 1 aliphatic heterocycles. The monoisotopic (exact) mass is 402 g/mol. The molecule has 4 rings (SSSR count). The third-order valence-corrected chi connectivity index (χ3v) is 5.60. The van der Waals surface area contributed by atoms with Crippen LogP contribution >= 0.6 is 0 Å². The van der Waals surface area contributed by atoms with Gasteiger partial charge >= 0.3 is 6.61 Å². The Balaban J connectivity index is 1.46. The Morgan fingerprint density at radius 3 is 2.66 bits per heavy atom. The smallest absolute Gasteiger partial charge is 0.387 e. The van der Waals surface area contributed by atoms with Crippen LogP contribution in [0.5, 0.6) is 11.5 Å². The van der Waals surface area contributed by atoms with E-state index in [1.165, 1.54) is 18.4 Å². The van der Waals surface area contributed by atoms with Crippen LogP contribution in [-0.4, -0.2) is 25.8 Å². The van der Waals surface area contributed by atoms with Crippen LogP contribution in [0.3, 0.4) is 0 Å². The lowest BCUT2D eigenvalue weighted by Crippen LogP contribution is -2.45. The number of halogens is 2. The van der Waals surface area contributed by atoms with Crippen molar-refractivity contribution in [2.75, 3.05) is 13.2 Å². The first-order chi connectivity index (χ1) is 14.2. The molecule has 1 saturated heterocycles. The summed E-state index contributed by atoms with van der Waals surface area (Å²) in [4.78, 5) is 0. The third-order valence-electron chi connectivity index (χ3n) is 5.60. The average molecular weight is 402 g/mol. The molecular formula is C23H28F2N2O2. The Morgan fingerprint density at radius 1 is 1.07 bits per heavy atom. The van der Waals surface area contributed by atoms with Crippen molar-refractivity contribution < 1.29 is 18.3 Å². The zero-order valence-electron chi connectivity index (χ0n) is 16.5. The summed E-state index contributed by atoms with van der Waals surface area (Å²) in [5, 5.41) is 7.14. The van der Waals surface area contributed by atoms with Crippen molar-refractivity contribution in [1.82, 2.24) is 10.6 Å². The predicted octanol–water partition coefficient (Wildman–Crippen LogP) is 4.66. The number of benzene rings is 2. The fraction of sp³-hybridized carbons (Fsp3) is 0.478. The van der Waals surface area contributed by atoms with E-state index in [1.54, 1.807) is 12.1 Å². The summed E-state index contributed by atoms with van der Waals surface area (Å²) in [6.45, 7) is -0.745. The quantitative estimate of drug-likeness (QED) is 0.640. The van der Waals surface area contributed by atoms with Gasteiger partial charge in [0.2, 0.25) is 0 Å². The molecule has 2 aliphatic rings. The minimum atomic E-state index is -2.85. The van der Waals surface area contributed by atoms with Gasteiger partial charge in [0.25, 0.3) is 0 Å². The molecule has 0 radical (unpaired) electrons. The Hall–Kier alpha value is -2.18. The van der Waals surface area contributed by atoms with Crippen LogP contribution < -0.4 is 20.1 Å². The fourth-order valence-electron chi connectivity index (χ4n) is 3.85. The van der Waals surface area contributed by atoms with Crippen molar-refractivity contribution >= 4 is 0 Å². The number of nitrogens with one attached hydrogen (secondary N) is 2. The highest BCUT2D eigenvalue weighted by Gasteiger charge is 2.26. The fourth-order valence-corrected chi connectivity index (χ4v) is 3.85. The molecule has 6 heteroatoms. The summed E-state index contributed by atoms with van der Waals surface area (Å²) in [6.07, 6.45) is 4.51. The molecule has 1 heterocycles. The third kappa shape index (κ3) is 5.67. The van der Waals surface area contributed by atoms with Gasteiger partial charge in [-0.2, -0.15) is 8.78 Å². The van der Waals surface area contributed by atoms with Crippen molar-refractivity contribution in [3.05, 3.63) is 59.7 Å². The minimum absolute atomic E-state index is 0.193. The van der Waals surface area contributed by atoms with E-state index in [0.29, 0.717) is 30.4 Å². The lowest BCUT2D eigenvalue weighted by Gasteiger charge is -2.34. The molecule has 0 amide bonds. The normalized spacial score (nSPS) is 21.9. The van der Waals surface area contributed by atoms with E-state index in [1.807, 2.05) is 24.3 Å². The van der Waals surface area contributed by atoms with Gasteiger partial charge < -0.3 is 20.1 Å². The molecule has 4 nitrogen and oxygen atoms in total. The van der Waals surface area contributed by atoms with Gasteiger partial charge in [0, 0.05) is 24.2 Å². The molecule has 2 atom stereocenters. The lowest BCUT2D eigenvalue weighted by atomic mass is 9.92. The molecule has 2 N–H and O–H groups in total. The molecule has 2 aromatic carbocycles. The molecule has 2 fully saturated rings. The summed E-state index contributed by atoms with van der Waals surface area (Å²) in [6, 6.07) is 15.8. The molecule has 1 saturated carbocycles. The largest absolute Gasteiger partial charge is 0.493 e. The van der Waals surface area contributed by atoms with Crippen molar-refractivity contribution in [3.63, 3.8) is 0 Å². The van der Waals surface area contributed by atoms with Crippen molar-refractivity contribution in [1.29, 1.82) is 0 Å². The molecule has 0 bridgehead atoms. The van der Waals surface area contributed by atoms with Crippen LogP contribution in [0, 0.1) is 5.92 Å². The highest BCUT2D eigenvalue weighted by molar-refractivity contribution is 5.40. The molecule has 1 aliphatic carbocycles. The first kappa shape index (κ1) is 20.1. The number of hydrogen-bond donors (Lipinski definition) is 2. The Labute approximate surface area is 170 Å². The first-order valence-corrected chi connectivity index (χ1v) is 10.4. The van der Waals surface area contributed by atoms with Crippen LogP contribution in [0.2, 0.25) is 0 Å². The standard InChI is InChI=1S/C23H28F2N2O2/c24-23(25)29-21-11-10-19(28-15-16-8-9-16)13-18(21)14-27-20-7-4-12-26-22(20)17-5-2-1-3-6-17/h1-3,5-6,10-11,13,16,20,22-23,26-27H,4,7-9,12,14-15H2. The van der Waals surface area contributed by atoms with E-state index in [0.717, 1.165) is 19.4 Å². The van der Waals surface area contributed by atoms with Gasteiger partial charge in [-0.25, -0.2) is 0 Å². The van der Waals surface area contributed by atoms with Gasteiger partial charge in [0.1, 0.15) is 11.5 Å². The molecule has 0 spiro atoms. The number of piperidine rings is 1. The van der Waals surface area contributed by atoms with Crippen LogP contribution in [0.15, 0.2) is 48.5 Å². The summed E-state index contributed by atoms with van der Waals surface area (Å²) in [5.74, 6) is 1.54. The zero-order valence-corrected chi connectivity index (χ0v) is 16.5. The van der Waals surface area contributed by atoms with Crippen LogP contribution in [0.1, 0.15) is 42.9 Å². The highest BCUT2D eigenvalue weighted by Crippen LogP contribution is 2.32. The minimum Gasteiger partial charge on any atom is -0.493 e. The number of hydrogen-bond acceptors (Lipinski definition) is 4. The maximum atomic E-state index is 12.9. The summed E-state index contributed by atoms with van der Waals surface area (Å²) < 4.78 is 36.3. The van der Waals surface area contributed by atoms with E-state index in [-0.39, 0.29) is 17.8 Å². The molecule has 29 heavy (non-hydrogen) atoms. The van der Waals surface area contributed by atoms with Crippen LogP contribution in [0.25, 0.3) is 0 Å². The lowest BCUT2D eigenvalue weighted by molar-refractivity contribution is -0.0505. The van der Waals surface area contributed by atoms with E-state index >= 15 is 0 Å². The summed E-state index contributed by atoms with van der Waals surface area (Å²) in [7, 11) is 0. The van der Waals surface area contributed by atoms with Gasteiger partial charge in [-0.15, -0.1) is 0 Å². The van der Waals surface area contributed by atoms with Gasteiger partial charge in [-0.1, -0.05) is 30.3 Å². The molecule has 2 unspecified atom stereocenters. The van der Waals surface area contributed by atoms with Crippen molar-refractivity contribution in [2.24, 2.45) is 5.92 Å². The van der Waals surface area contributed by atoms with Gasteiger partial charge in [-0.05, 0) is 61.9 Å². The zero-order chi connectivity index (χ0) is 20.1. The Bertz CT molecular complexity index is 784.